The molecular formula is C12H17N5O. The Morgan fingerprint density at radius 3 is 2.78 bits per heavy atom. The maximum absolute atomic E-state index is 12.0. The first-order valence-corrected chi connectivity index (χ1v) is 6.01. The lowest BCUT2D eigenvalue weighted by Gasteiger charge is -2.06. The quantitative estimate of drug-likeness (QED) is 0.894. The van der Waals surface area contributed by atoms with Gasteiger partial charge in [-0.25, -0.2) is 9.67 Å². The van der Waals surface area contributed by atoms with Crippen molar-refractivity contribution < 1.29 is 4.79 Å². The Morgan fingerprint density at radius 2 is 2.17 bits per heavy atom. The van der Waals surface area contributed by atoms with Crippen LogP contribution in [0.15, 0.2) is 18.7 Å². The number of hydrogen-bond donors (Lipinski definition) is 1. The van der Waals surface area contributed by atoms with Crippen LogP contribution in [0.4, 0.5) is 5.82 Å². The number of hydrogen-bond acceptors (Lipinski definition) is 3. The summed E-state index contributed by atoms with van der Waals surface area (Å²) >= 11 is 0. The molecule has 18 heavy (non-hydrogen) atoms. The highest BCUT2D eigenvalue weighted by atomic mass is 16.2. The molecule has 0 aliphatic heterocycles. The molecule has 0 aromatic carbocycles. The minimum atomic E-state index is -0.208. The second-order valence-corrected chi connectivity index (χ2v) is 4.04. The maximum atomic E-state index is 12.0. The van der Waals surface area contributed by atoms with Gasteiger partial charge in [-0.3, -0.25) is 4.79 Å². The van der Waals surface area contributed by atoms with Crippen LogP contribution < -0.4 is 5.32 Å². The van der Waals surface area contributed by atoms with E-state index >= 15 is 0 Å². The third-order valence-corrected chi connectivity index (χ3v) is 2.78. The third kappa shape index (κ3) is 2.27. The zero-order valence-corrected chi connectivity index (χ0v) is 10.8. The van der Waals surface area contributed by atoms with Gasteiger partial charge in [0, 0.05) is 24.8 Å². The van der Waals surface area contributed by atoms with Crippen molar-refractivity contribution >= 4 is 11.7 Å². The van der Waals surface area contributed by atoms with E-state index in [1.54, 1.807) is 23.4 Å². The highest BCUT2D eigenvalue weighted by molar-refractivity contribution is 6.02. The Balaban J connectivity index is 2.18. The predicted octanol–water partition coefficient (Wildman–Crippen LogP) is 1.68. The molecule has 6 heteroatoms. The van der Waals surface area contributed by atoms with Crippen LogP contribution >= 0.6 is 0 Å². The number of nitrogens with one attached hydrogen (secondary N) is 1. The molecule has 0 bridgehead atoms. The summed E-state index contributed by atoms with van der Waals surface area (Å²) in [7, 11) is 0. The van der Waals surface area contributed by atoms with E-state index < -0.39 is 0 Å². The SMILES string of the molecule is CCn1cnc(C(=O)Nc2c(C)cnn2CC)c1. The standard InChI is InChI=1S/C12H17N5O/c1-4-16-7-10(13-8-16)12(18)15-11-9(3)6-14-17(11)5-2/h6-8H,4-5H2,1-3H3,(H,15,18). The summed E-state index contributed by atoms with van der Waals surface area (Å²) in [5.74, 6) is 0.522. The number of carbonyl (C=O) groups is 1. The zero-order chi connectivity index (χ0) is 13.1. The molecule has 6 nitrogen and oxygen atoms in total. The van der Waals surface area contributed by atoms with E-state index in [1.807, 2.05) is 25.3 Å². The van der Waals surface area contributed by atoms with Crippen LogP contribution in [0, 0.1) is 6.92 Å². The molecule has 0 saturated carbocycles. The first-order chi connectivity index (χ1) is 8.65. The van der Waals surface area contributed by atoms with E-state index in [0.717, 1.165) is 17.9 Å². The molecule has 1 N–H and O–H groups in total. The van der Waals surface area contributed by atoms with Crippen molar-refractivity contribution in [3.05, 3.63) is 30.0 Å². The normalized spacial score (nSPS) is 10.6. The van der Waals surface area contributed by atoms with Crippen LogP contribution in [0.5, 0.6) is 0 Å². The lowest BCUT2D eigenvalue weighted by Crippen LogP contribution is -2.16. The minimum Gasteiger partial charge on any atom is -0.337 e. The summed E-state index contributed by atoms with van der Waals surface area (Å²) in [5, 5.41) is 7.03. The molecule has 0 spiro atoms. The fraction of sp³-hybridized carbons (Fsp3) is 0.417. The van der Waals surface area contributed by atoms with E-state index in [9.17, 15) is 4.79 Å². The topological polar surface area (TPSA) is 64.7 Å². The van der Waals surface area contributed by atoms with Gasteiger partial charge in [0.25, 0.3) is 5.91 Å². The van der Waals surface area contributed by atoms with Crippen molar-refractivity contribution in [1.82, 2.24) is 19.3 Å². The number of rotatable bonds is 4. The average Bonchev–Trinajstić information content (AvgIpc) is 2.97. The van der Waals surface area contributed by atoms with Crippen LogP contribution in [0.2, 0.25) is 0 Å². The molecule has 2 aromatic rings. The van der Waals surface area contributed by atoms with Crippen molar-refractivity contribution in [3.63, 3.8) is 0 Å². The van der Waals surface area contributed by atoms with Gasteiger partial charge in [0.15, 0.2) is 0 Å². The van der Waals surface area contributed by atoms with Gasteiger partial charge in [-0.15, -0.1) is 0 Å². The van der Waals surface area contributed by atoms with Gasteiger partial charge in [-0.2, -0.15) is 5.10 Å². The Hall–Kier alpha value is -2.11. The van der Waals surface area contributed by atoms with Gasteiger partial charge in [0.2, 0.25) is 0 Å². The van der Waals surface area contributed by atoms with E-state index in [2.05, 4.69) is 15.4 Å². The molecule has 0 saturated heterocycles. The first kappa shape index (κ1) is 12.3. The van der Waals surface area contributed by atoms with Crippen LogP contribution in [0.3, 0.4) is 0 Å². The van der Waals surface area contributed by atoms with E-state index in [4.69, 9.17) is 0 Å². The van der Waals surface area contributed by atoms with Crippen molar-refractivity contribution in [2.75, 3.05) is 5.32 Å². The summed E-state index contributed by atoms with van der Waals surface area (Å²) in [4.78, 5) is 16.1. The van der Waals surface area contributed by atoms with Crippen LogP contribution in [-0.4, -0.2) is 25.2 Å². The predicted molar refractivity (Wildman–Crippen MR) is 68.5 cm³/mol. The number of aryl methyl sites for hydroxylation is 3. The van der Waals surface area contributed by atoms with Gasteiger partial charge in [-0.05, 0) is 20.8 Å². The van der Waals surface area contributed by atoms with Crippen LogP contribution in [-0.2, 0) is 13.1 Å². The van der Waals surface area contributed by atoms with Gasteiger partial charge in [0.1, 0.15) is 11.5 Å². The molecule has 2 heterocycles. The highest BCUT2D eigenvalue weighted by Gasteiger charge is 2.13. The summed E-state index contributed by atoms with van der Waals surface area (Å²) in [6.07, 6.45) is 5.12. The van der Waals surface area contributed by atoms with E-state index in [0.29, 0.717) is 12.2 Å². The van der Waals surface area contributed by atoms with Gasteiger partial charge < -0.3 is 9.88 Å². The average molecular weight is 247 g/mol. The number of imidazole rings is 1. The molecule has 2 rings (SSSR count). The van der Waals surface area contributed by atoms with Crippen LogP contribution in [0.25, 0.3) is 0 Å². The van der Waals surface area contributed by atoms with E-state index in [1.165, 1.54) is 0 Å². The van der Waals surface area contributed by atoms with E-state index in [-0.39, 0.29) is 5.91 Å². The Morgan fingerprint density at radius 1 is 1.39 bits per heavy atom. The molecule has 2 aromatic heterocycles. The molecular weight excluding hydrogens is 230 g/mol. The number of carbonyl (C=O) groups excluding carboxylic acids is 1. The maximum Gasteiger partial charge on any atom is 0.276 e. The number of amides is 1. The van der Waals surface area contributed by atoms with Crippen LogP contribution in [0.1, 0.15) is 29.9 Å². The Labute approximate surface area is 106 Å². The number of anilines is 1. The summed E-state index contributed by atoms with van der Waals surface area (Å²) < 4.78 is 3.61. The lowest BCUT2D eigenvalue weighted by molar-refractivity contribution is 0.102. The molecule has 0 aliphatic rings. The molecule has 0 aliphatic carbocycles. The number of nitrogens with zero attached hydrogens (tertiary/aromatic N) is 4. The molecule has 0 unspecified atom stereocenters. The van der Waals surface area contributed by atoms with Crippen molar-refractivity contribution in [2.45, 2.75) is 33.9 Å². The minimum absolute atomic E-state index is 0.208. The monoisotopic (exact) mass is 247 g/mol. The number of aromatic nitrogens is 4. The Bertz CT molecular complexity index is 555. The first-order valence-electron chi connectivity index (χ1n) is 6.01. The summed E-state index contributed by atoms with van der Waals surface area (Å²) in [5.41, 5.74) is 1.36. The molecule has 0 radical (unpaired) electrons. The third-order valence-electron chi connectivity index (χ3n) is 2.78. The van der Waals surface area contributed by atoms with Crippen molar-refractivity contribution in [1.29, 1.82) is 0 Å². The summed E-state index contributed by atoms with van der Waals surface area (Å²) in [6, 6.07) is 0. The second-order valence-electron chi connectivity index (χ2n) is 4.04. The molecule has 1 amide bonds. The van der Waals surface area contributed by atoms with Crippen molar-refractivity contribution in [3.8, 4) is 0 Å². The zero-order valence-electron chi connectivity index (χ0n) is 10.8. The fourth-order valence-electron chi connectivity index (χ4n) is 1.70. The van der Waals surface area contributed by atoms with Crippen molar-refractivity contribution in [2.24, 2.45) is 0 Å². The lowest BCUT2D eigenvalue weighted by atomic mass is 10.3. The molecule has 0 atom stereocenters. The second kappa shape index (κ2) is 5.03. The molecule has 96 valence electrons. The fourth-order valence-corrected chi connectivity index (χ4v) is 1.70. The largest absolute Gasteiger partial charge is 0.337 e. The summed E-state index contributed by atoms with van der Waals surface area (Å²) in [6.45, 7) is 7.41. The highest BCUT2D eigenvalue weighted by Crippen LogP contribution is 2.14. The smallest absolute Gasteiger partial charge is 0.276 e. The van der Waals surface area contributed by atoms with Gasteiger partial charge in [-0.1, -0.05) is 0 Å². The van der Waals surface area contributed by atoms with Gasteiger partial charge in [0.05, 0.1) is 12.5 Å². The Kier molecular flexibility index (Phi) is 3.45. The molecule has 0 fully saturated rings. The van der Waals surface area contributed by atoms with Gasteiger partial charge >= 0.3 is 0 Å².